The van der Waals surface area contributed by atoms with Crippen LogP contribution >= 0.6 is 39.1 Å². The Bertz CT molecular complexity index is 677. The standard InChI is InChI=1S/C13H9BrCl2N2O2/c14-9-6-8(15)2-4-11(9)20-12-3-1-7(5-10(12)16)13(17)18-19/h1-6,19H,(H2,17,18). The van der Waals surface area contributed by atoms with Gasteiger partial charge in [-0.2, -0.15) is 0 Å². The number of hydrogen-bond donors (Lipinski definition) is 2. The number of oxime groups is 1. The number of nitrogens with two attached hydrogens (primary N) is 1. The molecular weight excluding hydrogens is 367 g/mol. The quantitative estimate of drug-likeness (QED) is 0.355. The molecule has 0 aromatic heterocycles. The summed E-state index contributed by atoms with van der Waals surface area (Å²) in [7, 11) is 0. The number of hydrogen-bond acceptors (Lipinski definition) is 3. The topological polar surface area (TPSA) is 67.8 Å². The van der Waals surface area contributed by atoms with Crippen LogP contribution in [0.4, 0.5) is 0 Å². The summed E-state index contributed by atoms with van der Waals surface area (Å²) in [5.74, 6) is 1.00. The van der Waals surface area contributed by atoms with Crippen molar-refractivity contribution in [3.05, 3.63) is 56.5 Å². The monoisotopic (exact) mass is 374 g/mol. The van der Waals surface area contributed by atoms with E-state index in [0.717, 1.165) is 0 Å². The van der Waals surface area contributed by atoms with Gasteiger partial charge in [-0.15, -0.1) is 0 Å². The van der Waals surface area contributed by atoms with E-state index in [9.17, 15) is 0 Å². The second kappa shape index (κ2) is 6.35. The Morgan fingerprint density at radius 1 is 1.15 bits per heavy atom. The maximum atomic E-state index is 8.62. The van der Waals surface area contributed by atoms with E-state index in [0.29, 0.717) is 31.6 Å². The Balaban J connectivity index is 2.30. The van der Waals surface area contributed by atoms with Crippen LogP contribution in [0.1, 0.15) is 5.56 Å². The molecule has 0 bridgehead atoms. The van der Waals surface area contributed by atoms with Gasteiger partial charge in [0.2, 0.25) is 0 Å². The van der Waals surface area contributed by atoms with Crippen LogP contribution in [0.2, 0.25) is 10.0 Å². The van der Waals surface area contributed by atoms with Crippen molar-refractivity contribution >= 4 is 45.0 Å². The predicted octanol–water partition coefficient (Wildman–Crippen LogP) is 4.64. The van der Waals surface area contributed by atoms with Crippen molar-refractivity contribution in [3.8, 4) is 11.5 Å². The lowest BCUT2D eigenvalue weighted by Crippen LogP contribution is -2.12. The molecule has 0 amide bonds. The molecule has 4 nitrogen and oxygen atoms in total. The van der Waals surface area contributed by atoms with Crippen molar-refractivity contribution in [2.24, 2.45) is 10.9 Å². The lowest BCUT2D eigenvalue weighted by atomic mass is 10.2. The lowest BCUT2D eigenvalue weighted by Gasteiger charge is -2.10. The third kappa shape index (κ3) is 3.36. The zero-order chi connectivity index (χ0) is 14.7. The predicted molar refractivity (Wildman–Crippen MR) is 83.2 cm³/mol. The van der Waals surface area contributed by atoms with Crippen LogP contribution in [-0.4, -0.2) is 11.0 Å². The largest absolute Gasteiger partial charge is 0.455 e. The molecule has 0 fully saturated rings. The zero-order valence-corrected chi connectivity index (χ0v) is 13.1. The van der Waals surface area contributed by atoms with Gasteiger partial charge < -0.3 is 15.7 Å². The van der Waals surface area contributed by atoms with Gasteiger partial charge in [0, 0.05) is 10.6 Å². The number of halogens is 3. The Morgan fingerprint density at radius 2 is 1.85 bits per heavy atom. The van der Waals surface area contributed by atoms with Gasteiger partial charge in [-0.05, 0) is 52.3 Å². The van der Waals surface area contributed by atoms with E-state index in [-0.39, 0.29) is 5.84 Å². The Labute approximate surface area is 133 Å². The fourth-order valence-electron chi connectivity index (χ4n) is 1.48. The molecule has 7 heteroatoms. The van der Waals surface area contributed by atoms with Crippen LogP contribution in [0, 0.1) is 0 Å². The minimum Gasteiger partial charge on any atom is -0.455 e. The fraction of sp³-hybridized carbons (Fsp3) is 0. The van der Waals surface area contributed by atoms with Crippen LogP contribution in [0.3, 0.4) is 0 Å². The number of amidine groups is 1. The van der Waals surface area contributed by atoms with Gasteiger partial charge in [-0.25, -0.2) is 0 Å². The van der Waals surface area contributed by atoms with E-state index < -0.39 is 0 Å². The summed E-state index contributed by atoms with van der Waals surface area (Å²) < 4.78 is 6.39. The van der Waals surface area contributed by atoms with Crippen LogP contribution < -0.4 is 10.5 Å². The molecule has 0 aliphatic rings. The van der Waals surface area contributed by atoms with Crippen LogP contribution in [0.15, 0.2) is 46.0 Å². The summed E-state index contributed by atoms with van der Waals surface area (Å²) in [6, 6.07) is 9.97. The highest BCUT2D eigenvalue weighted by Gasteiger charge is 2.09. The second-order valence-electron chi connectivity index (χ2n) is 3.81. The average Bonchev–Trinajstić information content (AvgIpc) is 2.42. The minimum atomic E-state index is -0.0221. The highest BCUT2D eigenvalue weighted by molar-refractivity contribution is 9.10. The van der Waals surface area contributed by atoms with Crippen LogP contribution in [0.25, 0.3) is 0 Å². The number of benzene rings is 2. The Hall–Kier alpha value is -1.43. The molecule has 0 atom stereocenters. The van der Waals surface area contributed by atoms with E-state index in [1.54, 1.807) is 36.4 Å². The molecule has 0 aliphatic heterocycles. The molecule has 0 aliphatic carbocycles. The molecule has 0 heterocycles. The minimum absolute atomic E-state index is 0.0221. The maximum absolute atomic E-state index is 8.62. The molecule has 3 N–H and O–H groups in total. The molecule has 2 aromatic carbocycles. The molecule has 20 heavy (non-hydrogen) atoms. The normalized spacial score (nSPS) is 11.4. The molecule has 0 spiro atoms. The van der Waals surface area contributed by atoms with Crippen molar-refractivity contribution in [3.63, 3.8) is 0 Å². The van der Waals surface area contributed by atoms with E-state index >= 15 is 0 Å². The smallest absolute Gasteiger partial charge is 0.170 e. The van der Waals surface area contributed by atoms with Crippen molar-refractivity contribution < 1.29 is 9.94 Å². The molecule has 0 unspecified atom stereocenters. The third-order valence-electron chi connectivity index (χ3n) is 2.45. The van der Waals surface area contributed by atoms with Gasteiger partial charge in [0.25, 0.3) is 0 Å². The van der Waals surface area contributed by atoms with Crippen molar-refractivity contribution in [1.82, 2.24) is 0 Å². The van der Waals surface area contributed by atoms with E-state index in [1.807, 2.05) is 0 Å². The molecule has 2 aromatic rings. The second-order valence-corrected chi connectivity index (χ2v) is 5.51. The molecular formula is C13H9BrCl2N2O2. The van der Waals surface area contributed by atoms with Crippen molar-refractivity contribution in [1.29, 1.82) is 0 Å². The van der Waals surface area contributed by atoms with Crippen molar-refractivity contribution in [2.45, 2.75) is 0 Å². The van der Waals surface area contributed by atoms with Gasteiger partial charge in [0.1, 0.15) is 11.5 Å². The molecule has 0 saturated carbocycles. The van der Waals surface area contributed by atoms with Gasteiger partial charge >= 0.3 is 0 Å². The first-order chi connectivity index (χ1) is 9.51. The first kappa shape index (κ1) is 15.0. The maximum Gasteiger partial charge on any atom is 0.170 e. The summed E-state index contributed by atoms with van der Waals surface area (Å²) in [6.07, 6.45) is 0. The number of nitrogens with zero attached hydrogens (tertiary/aromatic N) is 1. The molecule has 0 radical (unpaired) electrons. The summed E-state index contributed by atoms with van der Waals surface area (Å²) in [5.41, 5.74) is 5.98. The molecule has 0 saturated heterocycles. The molecule has 2 rings (SSSR count). The zero-order valence-electron chi connectivity index (χ0n) is 9.98. The van der Waals surface area contributed by atoms with Crippen molar-refractivity contribution in [2.75, 3.05) is 0 Å². The SMILES string of the molecule is NC(=NO)c1ccc(Oc2ccc(Cl)cc2Br)c(Cl)c1. The summed E-state index contributed by atoms with van der Waals surface area (Å²) >= 11 is 15.3. The lowest BCUT2D eigenvalue weighted by molar-refractivity contribution is 0.318. The molecule has 104 valence electrons. The van der Waals surface area contributed by atoms with Gasteiger partial charge in [0.15, 0.2) is 5.84 Å². The first-order valence-corrected chi connectivity index (χ1v) is 6.96. The number of rotatable bonds is 3. The van der Waals surface area contributed by atoms with Gasteiger partial charge in [0.05, 0.1) is 9.50 Å². The Morgan fingerprint density at radius 3 is 2.45 bits per heavy atom. The highest BCUT2D eigenvalue weighted by atomic mass is 79.9. The average molecular weight is 376 g/mol. The summed E-state index contributed by atoms with van der Waals surface area (Å²) in [4.78, 5) is 0. The summed E-state index contributed by atoms with van der Waals surface area (Å²) in [6.45, 7) is 0. The highest BCUT2D eigenvalue weighted by Crippen LogP contribution is 2.35. The van der Waals surface area contributed by atoms with E-state index in [4.69, 9.17) is 38.9 Å². The van der Waals surface area contributed by atoms with Crippen LogP contribution in [-0.2, 0) is 0 Å². The van der Waals surface area contributed by atoms with Gasteiger partial charge in [-0.3, -0.25) is 0 Å². The Kier molecular flexibility index (Phi) is 4.75. The fourth-order valence-corrected chi connectivity index (χ4v) is 2.46. The van der Waals surface area contributed by atoms with E-state index in [2.05, 4.69) is 21.1 Å². The van der Waals surface area contributed by atoms with Crippen LogP contribution in [0.5, 0.6) is 11.5 Å². The number of ether oxygens (including phenoxy) is 1. The van der Waals surface area contributed by atoms with Gasteiger partial charge in [-0.1, -0.05) is 28.4 Å². The van der Waals surface area contributed by atoms with E-state index in [1.165, 1.54) is 0 Å². The third-order valence-corrected chi connectivity index (χ3v) is 3.60. The summed E-state index contributed by atoms with van der Waals surface area (Å²) in [5, 5.41) is 12.5. The first-order valence-electron chi connectivity index (χ1n) is 5.41.